The van der Waals surface area contributed by atoms with Gasteiger partial charge in [0.05, 0.1) is 11.2 Å². The van der Waals surface area contributed by atoms with Crippen molar-refractivity contribution in [1.82, 2.24) is 9.88 Å². The smallest absolute Gasteiger partial charge is 0.255 e. The topological polar surface area (TPSA) is 42.4 Å². The van der Waals surface area contributed by atoms with E-state index in [2.05, 4.69) is 35.3 Å². The van der Waals surface area contributed by atoms with E-state index < -0.39 is 0 Å². The molecule has 1 unspecified atom stereocenters. The highest BCUT2D eigenvalue weighted by atomic mass is 16.5. The molecular formula is C23H28N2O2. The molecule has 0 bridgehead atoms. The van der Waals surface area contributed by atoms with Crippen LogP contribution in [0.25, 0.3) is 0 Å². The Morgan fingerprint density at radius 1 is 1.19 bits per heavy atom. The van der Waals surface area contributed by atoms with Gasteiger partial charge in [-0.1, -0.05) is 30.3 Å². The first-order valence-electron chi connectivity index (χ1n) is 10.0. The van der Waals surface area contributed by atoms with Gasteiger partial charge in [0.2, 0.25) is 0 Å². The normalized spacial score (nSPS) is 22.0. The number of nitrogens with zero attached hydrogens (tertiary/aromatic N) is 2. The van der Waals surface area contributed by atoms with Gasteiger partial charge in [0, 0.05) is 31.6 Å². The van der Waals surface area contributed by atoms with Crippen LogP contribution in [-0.4, -0.2) is 41.1 Å². The van der Waals surface area contributed by atoms with Crippen molar-refractivity contribution in [3.8, 4) is 0 Å². The first-order valence-corrected chi connectivity index (χ1v) is 10.0. The average Bonchev–Trinajstić information content (AvgIpc) is 2.70. The van der Waals surface area contributed by atoms with Crippen LogP contribution in [0, 0.1) is 12.8 Å². The molecular weight excluding hydrogens is 336 g/mol. The Kier molecular flexibility index (Phi) is 5.26. The van der Waals surface area contributed by atoms with E-state index >= 15 is 0 Å². The molecule has 3 heterocycles. The van der Waals surface area contributed by atoms with Crippen LogP contribution in [0.5, 0.6) is 0 Å². The number of aryl methyl sites for hydroxylation is 1. The number of piperidine rings is 1. The predicted molar refractivity (Wildman–Crippen MR) is 106 cm³/mol. The van der Waals surface area contributed by atoms with E-state index in [0.29, 0.717) is 11.5 Å². The summed E-state index contributed by atoms with van der Waals surface area (Å²) in [6.45, 7) is 4.31. The van der Waals surface area contributed by atoms with Crippen LogP contribution in [0.15, 0.2) is 48.7 Å². The molecule has 4 heteroatoms. The number of aromatic nitrogens is 1. The number of rotatable bonds is 3. The molecule has 0 aliphatic carbocycles. The Hall–Kier alpha value is -2.20. The Labute approximate surface area is 161 Å². The minimum atomic E-state index is -0.0417. The number of ether oxygens (including phenoxy) is 1. The summed E-state index contributed by atoms with van der Waals surface area (Å²) >= 11 is 0. The molecule has 1 spiro atoms. The summed E-state index contributed by atoms with van der Waals surface area (Å²) in [7, 11) is 0. The molecule has 4 nitrogen and oxygen atoms in total. The third kappa shape index (κ3) is 4.22. The lowest BCUT2D eigenvalue weighted by molar-refractivity contribution is -0.123. The molecule has 2 fully saturated rings. The maximum atomic E-state index is 12.7. The molecule has 1 aromatic carbocycles. The van der Waals surface area contributed by atoms with E-state index in [1.165, 1.54) is 5.56 Å². The van der Waals surface area contributed by atoms with Crippen molar-refractivity contribution in [1.29, 1.82) is 0 Å². The highest BCUT2D eigenvalue weighted by Gasteiger charge is 2.41. The summed E-state index contributed by atoms with van der Waals surface area (Å²) in [5.41, 5.74) is 2.99. The fraction of sp³-hybridized carbons (Fsp3) is 0.478. The Balaban J connectivity index is 1.36. The van der Waals surface area contributed by atoms with Crippen molar-refractivity contribution in [2.75, 3.05) is 19.7 Å². The van der Waals surface area contributed by atoms with Crippen molar-refractivity contribution in [2.45, 2.75) is 44.6 Å². The number of carbonyl (C=O) groups excluding carboxylic acids is 1. The summed E-state index contributed by atoms with van der Waals surface area (Å²) in [5, 5.41) is 0. The summed E-state index contributed by atoms with van der Waals surface area (Å²) in [6.07, 6.45) is 6.93. The Morgan fingerprint density at radius 3 is 2.67 bits per heavy atom. The van der Waals surface area contributed by atoms with Crippen LogP contribution < -0.4 is 0 Å². The van der Waals surface area contributed by atoms with E-state index in [1.807, 2.05) is 24.0 Å². The maximum Gasteiger partial charge on any atom is 0.255 e. The zero-order valence-corrected chi connectivity index (χ0v) is 16.1. The van der Waals surface area contributed by atoms with Crippen LogP contribution in [0.1, 0.15) is 47.3 Å². The van der Waals surface area contributed by atoms with E-state index in [4.69, 9.17) is 4.74 Å². The second-order valence-corrected chi connectivity index (χ2v) is 8.06. The summed E-state index contributed by atoms with van der Waals surface area (Å²) in [6, 6.07) is 14.5. The second-order valence-electron chi connectivity index (χ2n) is 8.06. The Bertz CT molecular complexity index is 765. The fourth-order valence-electron chi connectivity index (χ4n) is 4.49. The number of likely N-dealkylation sites (tertiary alicyclic amines) is 1. The number of hydrogen-bond acceptors (Lipinski definition) is 3. The Morgan fingerprint density at radius 2 is 1.96 bits per heavy atom. The van der Waals surface area contributed by atoms with Crippen LogP contribution in [0.3, 0.4) is 0 Å². The third-order valence-electron chi connectivity index (χ3n) is 6.08. The third-order valence-corrected chi connectivity index (χ3v) is 6.08. The van der Waals surface area contributed by atoms with E-state index in [-0.39, 0.29) is 11.5 Å². The van der Waals surface area contributed by atoms with Crippen LogP contribution >= 0.6 is 0 Å². The first-order chi connectivity index (χ1) is 13.1. The molecule has 1 amide bonds. The van der Waals surface area contributed by atoms with Gasteiger partial charge in [-0.25, -0.2) is 0 Å². The molecule has 1 aromatic heterocycles. The predicted octanol–water partition coefficient (Wildman–Crippen LogP) is 4.03. The molecule has 4 rings (SSSR count). The molecule has 2 saturated heterocycles. The molecule has 2 aliphatic rings. The van der Waals surface area contributed by atoms with Gasteiger partial charge in [-0.15, -0.1) is 0 Å². The van der Waals surface area contributed by atoms with Gasteiger partial charge in [0.15, 0.2) is 0 Å². The monoisotopic (exact) mass is 364 g/mol. The molecule has 0 saturated carbocycles. The van der Waals surface area contributed by atoms with Gasteiger partial charge >= 0.3 is 0 Å². The zero-order chi connectivity index (χ0) is 18.7. The van der Waals surface area contributed by atoms with Gasteiger partial charge < -0.3 is 9.64 Å². The highest BCUT2D eigenvalue weighted by molar-refractivity contribution is 5.94. The first kappa shape index (κ1) is 18.2. The van der Waals surface area contributed by atoms with Gasteiger partial charge in [0.25, 0.3) is 5.91 Å². The lowest BCUT2D eigenvalue weighted by Gasteiger charge is -2.46. The van der Waals surface area contributed by atoms with Crippen molar-refractivity contribution < 1.29 is 9.53 Å². The molecule has 2 aromatic rings. The van der Waals surface area contributed by atoms with Crippen molar-refractivity contribution in [2.24, 2.45) is 5.92 Å². The second kappa shape index (κ2) is 7.81. The quantitative estimate of drug-likeness (QED) is 0.826. The van der Waals surface area contributed by atoms with Gasteiger partial charge in [-0.2, -0.15) is 0 Å². The minimum Gasteiger partial charge on any atom is -0.375 e. The summed E-state index contributed by atoms with van der Waals surface area (Å²) in [4.78, 5) is 18.9. The summed E-state index contributed by atoms with van der Waals surface area (Å²) < 4.78 is 6.27. The molecule has 0 radical (unpaired) electrons. The average molecular weight is 364 g/mol. The van der Waals surface area contributed by atoms with Crippen molar-refractivity contribution in [3.63, 3.8) is 0 Å². The lowest BCUT2D eigenvalue weighted by atomic mass is 9.77. The van der Waals surface area contributed by atoms with Crippen LogP contribution in [0.4, 0.5) is 0 Å². The highest BCUT2D eigenvalue weighted by Crippen LogP contribution is 2.39. The van der Waals surface area contributed by atoms with Crippen molar-refractivity contribution >= 4 is 5.91 Å². The van der Waals surface area contributed by atoms with Gasteiger partial charge in [0.1, 0.15) is 0 Å². The lowest BCUT2D eigenvalue weighted by Crippen LogP contribution is -2.51. The number of pyridine rings is 1. The standard InChI is InChI=1S/C23H28N2O2/c1-18-7-8-21(17-24-18)22(26)25-12-10-23(11-13-25)16-20(9-14-27-23)15-19-5-3-2-4-6-19/h2-8,17,20H,9-16H2,1H3. The maximum absolute atomic E-state index is 12.7. The number of carbonyl (C=O) groups is 1. The molecule has 2 aliphatic heterocycles. The molecule has 27 heavy (non-hydrogen) atoms. The molecule has 1 atom stereocenters. The number of benzene rings is 1. The number of amides is 1. The summed E-state index contributed by atoms with van der Waals surface area (Å²) in [5.74, 6) is 0.763. The van der Waals surface area contributed by atoms with Crippen LogP contribution in [0.2, 0.25) is 0 Å². The van der Waals surface area contributed by atoms with E-state index in [9.17, 15) is 4.79 Å². The molecule has 142 valence electrons. The fourth-order valence-corrected chi connectivity index (χ4v) is 4.49. The van der Waals surface area contributed by atoms with Gasteiger partial charge in [-0.05, 0) is 62.6 Å². The van der Waals surface area contributed by atoms with E-state index in [0.717, 1.165) is 57.5 Å². The van der Waals surface area contributed by atoms with Crippen molar-refractivity contribution in [3.05, 3.63) is 65.5 Å². The SMILES string of the molecule is Cc1ccc(C(=O)N2CCC3(CC2)CC(Cc2ccccc2)CCO3)cn1. The molecule has 0 N–H and O–H groups in total. The van der Waals surface area contributed by atoms with Crippen LogP contribution in [-0.2, 0) is 11.2 Å². The van der Waals surface area contributed by atoms with Gasteiger partial charge in [-0.3, -0.25) is 9.78 Å². The van der Waals surface area contributed by atoms with E-state index in [1.54, 1.807) is 6.20 Å². The number of hydrogen-bond donors (Lipinski definition) is 0. The minimum absolute atomic E-state index is 0.0417. The largest absolute Gasteiger partial charge is 0.375 e. The zero-order valence-electron chi connectivity index (χ0n) is 16.1.